The van der Waals surface area contributed by atoms with Crippen molar-refractivity contribution >= 4 is 29.3 Å². The lowest BCUT2D eigenvalue weighted by Gasteiger charge is -2.21. The molecule has 17 heavy (non-hydrogen) atoms. The molecule has 4 heteroatoms. The molecule has 1 saturated heterocycles. The van der Waals surface area contributed by atoms with Gasteiger partial charge in [0.1, 0.15) is 0 Å². The minimum Gasteiger partial charge on any atom is -0.356 e. The fourth-order valence-electron chi connectivity index (χ4n) is 2.75. The van der Waals surface area contributed by atoms with E-state index in [2.05, 4.69) is 5.32 Å². The van der Waals surface area contributed by atoms with Crippen LogP contribution in [0.25, 0.3) is 0 Å². The molecular weight excluding hydrogens is 254 g/mol. The van der Waals surface area contributed by atoms with Gasteiger partial charge in [-0.15, -0.1) is 11.6 Å². The smallest absolute Gasteiger partial charge is 0.220 e. The molecule has 1 saturated carbocycles. The van der Waals surface area contributed by atoms with Crippen LogP contribution in [0.4, 0.5) is 0 Å². The third kappa shape index (κ3) is 4.36. The summed E-state index contributed by atoms with van der Waals surface area (Å²) >= 11 is 8.21. The number of nitrogens with one attached hydrogen (secondary N) is 1. The van der Waals surface area contributed by atoms with Gasteiger partial charge in [0.15, 0.2) is 0 Å². The van der Waals surface area contributed by atoms with Gasteiger partial charge >= 0.3 is 0 Å². The Morgan fingerprint density at radius 1 is 1.24 bits per heavy atom. The lowest BCUT2D eigenvalue weighted by Crippen LogP contribution is -2.32. The molecule has 2 rings (SSSR count). The summed E-state index contributed by atoms with van der Waals surface area (Å²) in [6.45, 7) is 0.786. The zero-order valence-electron chi connectivity index (χ0n) is 10.3. The van der Waals surface area contributed by atoms with E-state index in [-0.39, 0.29) is 11.3 Å². The Kier molecular flexibility index (Phi) is 5.49. The minimum absolute atomic E-state index is 0.234. The van der Waals surface area contributed by atoms with Crippen LogP contribution in [0, 0.1) is 11.8 Å². The molecular formula is C13H22ClNOS. The van der Waals surface area contributed by atoms with Crippen molar-refractivity contribution in [1.29, 1.82) is 0 Å². The summed E-state index contributed by atoms with van der Waals surface area (Å²) in [4.78, 5) is 11.8. The van der Waals surface area contributed by atoms with Gasteiger partial charge in [0, 0.05) is 18.3 Å². The third-order valence-corrected chi connectivity index (χ3v) is 5.57. The minimum atomic E-state index is 0.234. The van der Waals surface area contributed by atoms with E-state index in [1.54, 1.807) is 0 Å². The van der Waals surface area contributed by atoms with Crippen molar-refractivity contribution < 1.29 is 4.79 Å². The van der Waals surface area contributed by atoms with Crippen LogP contribution >= 0.6 is 23.4 Å². The molecule has 0 aromatic carbocycles. The van der Waals surface area contributed by atoms with E-state index in [9.17, 15) is 4.79 Å². The van der Waals surface area contributed by atoms with Gasteiger partial charge in [0.2, 0.25) is 5.91 Å². The SMILES string of the molecule is O=C(CC1CCSCC1)NCC1CCCC1Cl. The zero-order chi connectivity index (χ0) is 12.1. The van der Waals surface area contributed by atoms with Crippen molar-refractivity contribution in [3.63, 3.8) is 0 Å². The molecule has 2 aliphatic rings. The largest absolute Gasteiger partial charge is 0.356 e. The Balaban J connectivity index is 1.63. The van der Waals surface area contributed by atoms with Gasteiger partial charge in [0.05, 0.1) is 0 Å². The van der Waals surface area contributed by atoms with Crippen LogP contribution in [-0.2, 0) is 4.79 Å². The molecule has 2 unspecified atom stereocenters. The molecule has 1 heterocycles. The van der Waals surface area contributed by atoms with E-state index in [1.165, 1.54) is 37.2 Å². The molecule has 2 nitrogen and oxygen atoms in total. The Morgan fingerprint density at radius 2 is 2.00 bits per heavy atom. The molecule has 1 aliphatic heterocycles. The van der Waals surface area contributed by atoms with E-state index in [0.717, 1.165) is 19.4 Å². The summed E-state index contributed by atoms with van der Waals surface area (Å²) in [5.41, 5.74) is 0. The van der Waals surface area contributed by atoms with Crippen molar-refractivity contribution in [2.45, 2.75) is 43.9 Å². The number of carbonyl (C=O) groups excluding carboxylic acids is 1. The van der Waals surface area contributed by atoms with E-state index in [1.807, 2.05) is 11.8 Å². The molecule has 0 radical (unpaired) electrons. The van der Waals surface area contributed by atoms with Crippen molar-refractivity contribution in [2.24, 2.45) is 11.8 Å². The summed E-state index contributed by atoms with van der Waals surface area (Å²) in [5.74, 6) is 3.81. The Hall–Kier alpha value is 0.110. The summed E-state index contributed by atoms with van der Waals surface area (Å²) in [5, 5.41) is 3.35. The van der Waals surface area contributed by atoms with Crippen LogP contribution in [-0.4, -0.2) is 29.3 Å². The maximum atomic E-state index is 11.8. The highest BCUT2D eigenvalue weighted by Crippen LogP contribution is 2.29. The Bertz CT molecular complexity index is 256. The van der Waals surface area contributed by atoms with Gasteiger partial charge in [-0.05, 0) is 49.0 Å². The first kappa shape index (κ1) is 13.5. The van der Waals surface area contributed by atoms with E-state index >= 15 is 0 Å². The fourth-order valence-corrected chi connectivity index (χ4v) is 4.32. The highest BCUT2D eigenvalue weighted by molar-refractivity contribution is 7.99. The predicted octanol–water partition coefficient (Wildman–Crippen LogP) is 3.04. The molecule has 1 amide bonds. The van der Waals surface area contributed by atoms with Gasteiger partial charge in [-0.2, -0.15) is 11.8 Å². The first-order valence-corrected chi connectivity index (χ1v) is 8.33. The lowest BCUT2D eigenvalue weighted by molar-refractivity contribution is -0.122. The number of thioether (sulfide) groups is 1. The molecule has 0 aromatic heterocycles. The first-order chi connectivity index (χ1) is 8.25. The quantitative estimate of drug-likeness (QED) is 0.799. The van der Waals surface area contributed by atoms with Crippen LogP contribution in [0.2, 0.25) is 0 Å². The predicted molar refractivity (Wildman–Crippen MR) is 74.7 cm³/mol. The molecule has 0 spiro atoms. The number of carbonyl (C=O) groups is 1. The molecule has 1 N–H and O–H groups in total. The molecule has 0 bridgehead atoms. The Morgan fingerprint density at radius 3 is 2.65 bits per heavy atom. The number of alkyl halides is 1. The summed E-state index contributed by atoms with van der Waals surface area (Å²) < 4.78 is 0. The number of hydrogen-bond donors (Lipinski definition) is 1. The van der Waals surface area contributed by atoms with Gasteiger partial charge in [-0.25, -0.2) is 0 Å². The van der Waals surface area contributed by atoms with Crippen molar-refractivity contribution in [3.05, 3.63) is 0 Å². The zero-order valence-corrected chi connectivity index (χ0v) is 11.9. The average molecular weight is 276 g/mol. The van der Waals surface area contributed by atoms with Crippen LogP contribution < -0.4 is 5.32 Å². The topological polar surface area (TPSA) is 29.1 Å². The monoisotopic (exact) mass is 275 g/mol. The maximum Gasteiger partial charge on any atom is 0.220 e. The van der Waals surface area contributed by atoms with E-state index in [0.29, 0.717) is 11.8 Å². The second kappa shape index (κ2) is 6.89. The fraction of sp³-hybridized carbons (Fsp3) is 0.923. The summed E-state index contributed by atoms with van der Waals surface area (Å²) in [7, 11) is 0. The molecule has 1 aliphatic carbocycles. The standard InChI is InChI=1S/C13H22ClNOS/c14-12-3-1-2-11(12)9-15-13(16)8-10-4-6-17-7-5-10/h10-12H,1-9H2,(H,15,16). The summed E-state index contributed by atoms with van der Waals surface area (Å²) in [6.07, 6.45) is 6.64. The average Bonchev–Trinajstić information content (AvgIpc) is 2.74. The third-order valence-electron chi connectivity index (χ3n) is 3.94. The second-order valence-corrected chi connectivity index (χ2v) is 7.06. The number of halogens is 1. The number of hydrogen-bond acceptors (Lipinski definition) is 2. The van der Waals surface area contributed by atoms with Crippen molar-refractivity contribution in [3.8, 4) is 0 Å². The molecule has 2 fully saturated rings. The van der Waals surface area contributed by atoms with Crippen LogP contribution in [0.5, 0.6) is 0 Å². The van der Waals surface area contributed by atoms with Crippen LogP contribution in [0.3, 0.4) is 0 Å². The van der Waals surface area contributed by atoms with Crippen LogP contribution in [0.1, 0.15) is 38.5 Å². The normalized spacial score (nSPS) is 30.4. The van der Waals surface area contributed by atoms with Crippen molar-refractivity contribution in [2.75, 3.05) is 18.1 Å². The van der Waals surface area contributed by atoms with Crippen LogP contribution in [0.15, 0.2) is 0 Å². The van der Waals surface area contributed by atoms with Gasteiger partial charge in [0.25, 0.3) is 0 Å². The summed E-state index contributed by atoms with van der Waals surface area (Å²) in [6, 6.07) is 0. The molecule has 2 atom stereocenters. The Labute approximate surface area is 113 Å². The molecule has 98 valence electrons. The number of amides is 1. The van der Waals surface area contributed by atoms with Gasteiger partial charge in [-0.3, -0.25) is 4.79 Å². The van der Waals surface area contributed by atoms with Crippen molar-refractivity contribution in [1.82, 2.24) is 5.32 Å². The molecule has 0 aromatic rings. The van der Waals surface area contributed by atoms with E-state index < -0.39 is 0 Å². The maximum absolute atomic E-state index is 11.8. The van der Waals surface area contributed by atoms with Gasteiger partial charge in [-0.1, -0.05) is 6.42 Å². The highest BCUT2D eigenvalue weighted by atomic mass is 35.5. The number of rotatable bonds is 4. The van der Waals surface area contributed by atoms with E-state index in [4.69, 9.17) is 11.6 Å². The lowest BCUT2D eigenvalue weighted by atomic mass is 9.98. The van der Waals surface area contributed by atoms with Gasteiger partial charge < -0.3 is 5.32 Å². The first-order valence-electron chi connectivity index (χ1n) is 6.74. The second-order valence-electron chi connectivity index (χ2n) is 5.27. The highest BCUT2D eigenvalue weighted by Gasteiger charge is 2.25.